The molecule has 68 valence electrons. The van der Waals surface area contributed by atoms with Crippen LogP contribution < -0.4 is 5.32 Å². The Balaban J connectivity index is 2.53. The predicted octanol–water partition coefficient (Wildman–Crippen LogP) is 0.956. The third kappa shape index (κ3) is 1.59. The van der Waals surface area contributed by atoms with Crippen LogP contribution in [0, 0.1) is 0 Å². The number of carbonyl (C=O) groups is 1. The third-order valence-electron chi connectivity index (χ3n) is 1.81. The fraction of sp³-hybridized carbons (Fsp3) is 0.286. The summed E-state index contributed by atoms with van der Waals surface area (Å²) in [5.74, 6) is -0.0710. The van der Waals surface area contributed by atoms with Gasteiger partial charge in [-0.1, -0.05) is 11.6 Å². The standard InChI is InChI=1S/C7H5Cl2N3O/c8-6-3-2-10-5(13)1-4(3)11-7(9)12-6/h1-2H2,(H,10,13). The Morgan fingerprint density at radius 2 is 2.08 bits per heavy atom. The molecule has 4 nitrogen and oxygen atoms in total. The van der Waals surface area contributed by atoms with Crippen molar-refractivity contribution in [2.24, 2.45) is 0 Å². The van der Waals surface area contributed by atoms with Crippen molar-refractivity contribution in [3.63, 3.8) is 0 Å². The molecule has 0 saturated heterocycles. The number of nitrogens with one attached hydrogen (secondary N) is 1. The normalized spacial score (nSPS) is 15.1. The molecule has 0 unspecified atom stereocenters. The number of aromatic nitrogens is 2. The first-order valence-corrected chi connectivity index (χ1v) is 4.40. The molecule has 0 atom stereocenters. The van der Waals surface area contributed by atoms with Gasteiger partial charge >= 0.3 is 0 Å². The second-order valence-electron chi connectivity index (χ2n) is 2.66. The molecular formula is C7H5Cl2N3O. The highest BCUT2D eigenvalue weighted by Crippen LogP contribution is 2.21. The zero-order chi connectivity index (χ0) is 9.42. The van der Waals surface area contributed by atoms with Gasteiger partial charge in [0.25, 0.3) is 0 Å². The zero-order valence-corrected chi connectivity index (χ0v) is 7.98. The van der Waals surface area contributed by atoms with Gasteiger partial charge in [-0.05, 0) is 11.6 Å². The first kappa shape index (κ1) is 8.72. The summed E-state index contributed by atoms with van der Waals surface area (Å²) < 4.78 is 0. The van der Waals surface area contributed by atoms with Crippen molar-refractivity contribution >= 4 is 29.1 Å². The SMILES string of the molecule is O=C1Cc2nc(Cl)nc(Cl)c2CN1. The van der Waals surface area contributed by atoms with Gasteiger partial charge in [0, 0.05) is 12.1 Å². The summed E-state index contributed by atoms with van der Waals surface area (Å²) in [4.78, 5) is 18.7. The Morgan fingerprint density at radius 1 is 1.31 bits per heavy atom. The van der Waals surface area contributed by atoms with Crippen molar-refractivity contribution in [2.75, 3.05) is 0 Å². The maximum atomic E-state index is 11.0. The van der Waals surface area contributed by atoms with E-state index < -0.39 is 0 Å². The summed E-state index contributed by atoms with van der Waals surface area (Å²) in [5, 5.41) is 3.05. The topological polar surface area (TPSA) is 54.9 Å². The minimum atomic E-state index is -0.0710. The van der Waals surface area contributed by atoms with Crippen molar-refractivity contribution in [3.05, 3.63) is 21.7 Å². The van der Waals surface area contributed by atoms with Crippen molar-refractivity contribution in [1.82, 2.24) is 15.3 Å². The number of fused-ring (bicyclic) bond motifs is 1. The number of rotatable bonds is 0. The van der Waals surface area contributed by atoms with Crippen LogP contribution in [0.2, 0.25) is 10.4 Å². The average molecular weight is 218 g/mol. The molecular weight excluding hydrogens is 213 g/mol. The van der Waals surface area contributed by atoms with Gasteiger partial charge in [0.2, 0.25) is 11.2 Å². The molecule has 0 fully saturated rings. The largest absolute Gasteiger partial charge is 0.352 e. The van der Waals surface area contributed by atoms with Crippen molar-refractivity contribution in [2.45, 2.75) is 13.0 Å². The van der Waals surface area contributed by atoms with Gasteiger partial charge in [-0.2, -0.15) is 0 Å². The van der Waals surface area contributed by atoms with Gasteiger partial charge in [-0.3, -0.25) is 4.79 Å². The lowest BCUT2D eigenvalue weighted by Crippen LogP contribution is -2.31. The van der Waals surface area contributed by atoms with E-state index in [9.17, 15) is 4.79 Å². The van der Waals surface area contributed by atoms with Crippen LogP contribution in [-0.4, -0.2) is 15.9 Å². The van der Waals surface area contributed by atoms with E-state index in [0.717, 1.165) is 5.56 Å². The molecule has 2 rings (SSSR count). The van der Waals surface area contributed by atoms with E-state index in [-0.39, 0.29) is 17.6 Å². The highest BCUT2D eigenvalue weighted by atomic mass is 35.5. The van der Waals surface area contributed by atoms with E-state index >= 15 is 0 Å². The van der Waals surface area contributed by atoms with E-state index in [1.54, 1.807) is 0 Å². The summed E-state index contributed by atoms with van der Waals surface area (Å²) in [7, 11) is 0. The molecule has 6 heteroatoms. The minimum Gasteiger partial charge on any atom is -0.352 e. The molecule has 0 aliphatic carbocycles. The first-order chi connectivity index (χ1) is 6.16. The molecule has 0 aromatic carbocycles. The van der Waals surface area contributed by atoms with E-state index in [1.807, 2.05) is 0 Å². The molecule has 13 heavy (non-hydrogen) atoms. The maximum absolute atomic E-state index is 11.0. The second kappa shape index (κ2) is 3.12. The molecule has 1 aromatic rings. The number of carbonyl (C=O) groups excluding carboxylic acids is 1. The molecule has 1 aliphatic rings. The summed E-state index contributed by atoms with van der Waals surface area (Å²) in [6, 6.07) is 0. The lowest BCUT2D eigenvalue weighted by Gasteiger charge is -2.15. The van der Waals surface area contributed by atoms with Crippen molar-refractivity contribution in [1.29, 1.82) is 0 Å². The Morgan fingerprint density at radius 3 is 2.85 bits per heavy atom. The second-order valence-corrected chi connectivity index (χ2v) is 3.36. The Bertz CT molecular complexity index is 380. The Kier molecular flexibility index (Phi) is 2.09. The van der Waals surface area contributed by atoms with Gasteiger partial charge < -0.3 is 5.32 Å². The van der Waals surface area contributed by atoms with Crippen molar-refractivity contribution < 1.29 is 4.79 Å². The van der Waals surface area contributed by atoms with Crippen LogP contribution in [0.5, 0.6) is 0 Å². The monoisotopic (exact) mass is 217 g/mol. The van der Waals surface area contributed by atoms with Gasteiger partial charge in [0.1, 0.15) is 5.15 Å². The quantitative estimate of drug-likeness (QED) is 0.521. The lowest BCUT2D eigenvalue weighted by atomic mass is 10.1. The number of hydrogen-bond donors (Lipinski definition) is 1. The van der Waals surface area contributed by atoms with E-state index in [2.05, 4.69) is 15.3 Å². The molecule has 0 bridgehead atoms. The van der Waals surface area contributed by atoms with E-state index in [0.29, 0.717) is 17.4 Å². The molecule has 1 amide bonds. The Labute approximate surface area is 84.3 Å². The molecule has 1 N–H and O–H groups in total. The maximum Gasteiger partial charge on any atom is 0.226 e. The van der Waals surface area contributed by atoms with Crippen LogP contribution in [-0.2, 0) is 17.8 Å². The van der Waals surface area contributed by atoms with Crippen LogP contribution in [0.15, 0.2) is 0 Å². The minimum absolute atomic E-state index is 0.0710. The van der Waals surface area contributed by atoms with Crippen molar-refractivity contribution in [3.8, 4) is 0 Å². The molecule has 0 spiro atoms. The summed E-state index contributed by atoms with van der Waals surface area (Å²) in [5.41, 5.74) is 1.37. The van der Waals surface area contributed by atoms with Gasteiger partial charge in [-0.15, -0.1) is 0 Å². The van der Waals surface area contributed by atoms with E-state index in [4.69, 9.17) is 23.2 Å². The van der Waals surface area contributed by atoms with Gasteiger partial charge in [0.05, 0.1) is 12.1 Å². The summed E-state index contributed by atoms with van der Waals surface area (Å²) in [6.07, 6.45) is 0.220. The molecule has 1 aromatic heterocycles. The predicted molar refractivity (Wildman–Crippen MR) is 47.6 cm³/mol. The van der Waals surface area contributed by atoms with E-state index in [1.165, 1.54) is 0 Å². The lowest BCUT2D eigenvalue weighted by molar-refractivity contribution is -0.121. The fourth-order valence-electron chi connectivity index (χ4n) is 1.19. The molecule has 0 radical (unpaired) electrons. The smallest absolute Gasteiger partial charge is 0.226 e. The number of hydrogen-bond acceptors (Lipinski definition) is 3. The average Bonchev–Trinajstić information content (AvgIpc) is 2.02. The van der Waals surface area contributed by atoms with Crippen LogP contribution >= 0.6 is 23.2 Å². The van der Waals surface area contributed by atoms with Crippen LogP contribution in [0.1, 0.15) is 11.3 Å². The molecule has 0 saturated carbocycles. The van der Waals surface area contributed by atoms with Gasteiger partial charge in [0.15, 0.2) is 0 Å². The summed E-state index contributed by atoms with van der Waals surface area (Å²) >= 11 is 11.4. The van der Waals surface area contributed by atoms with Crippen LogP contribution in [0.25, 0.3) is 0 Å². The summed E-state index contributed by atoms with van der Waals surface area (Å²) in [6.45, 7) is 0.379. The highest BCUT2D eigenvalue weighted by molar-refractivity contribution is 6.32. The number of halogens is 2. The zero-order valence-electron chi connectivity index (χ0n) is 6.47. The molecule has 2 heterocycles. The van der Waals surface area contributed by atoms with Crippen LogP contribution in [0.3, 0.4) is 0 Å². The van der Waals surface area contributed by atoms with Gasteiger partial charge in [-0.25, -0.2) is 9.97 Å². The number of nitrogens with zero attached hydrogens (tertiary/aromatic N) is 2. The highest BCUT2D eigenvalue weighted by Gasteiger charge is 2.20. The third-order valence-corrected chi connectivity index (χ3v) is 2.29. The molecule has 1 aliphatic heterocycles. The van der Waals surface area contributed by atoms with Crippen LogP contribution in [0.4, 0.5) is 0 Å². The first-order valence-electron chi connectivity index (χ1n) is 3.64. The fourth-order valence-corrected chi connectivity index (χ4v) is 1.68. The Hall–Kier alpha value is -0.870. The number of amides is 1.